The zero-order valence-electron chi connectivity index (χ0n) is 13.1. The Labute approximate surface area is 148 Å². The zero-order valence-corrected chi connectivity index (χ0v) is 14.7. The van der Waals surface area contributed by atoms with Gasteiger partial charge in [0.1, 0.15) is 6.33 Å². The third kappa shape index (κ3) is 3.51. The molecule has 24 heavy (non-hydrogen) atoms. The predicted molar refractivity (Wildman–Crippen MR) is 93.7 cm³/mol. The Hall–Kier alpha value is -2.54. The highest BCUT2D eigenvalue weighted by molar-refractivity contribution is 9.10. The summed E-state index contributed by atoms with van der Waals surface area (Å²) in [4.78, 5) is 14.9. The summed E-state index contributed by atoms with van der Waals surface area (Å²) in [5, 5.41) is 11.2. The fourth-order valence-electron chi connectivity index (χ4n) is 2.45. The van der Waals surface area contributed by atoms with Crippen LogP contribution in [0.5, 0.6) is 0 Å². The van der Waals surface area contributed by atoms with Gasteiger partial charge in [-0.25, -0.2) is 0 Å². The normalized spacial score (nSPS) is 10.6. The van der Waals surface area contributed by atoms with Crippen LogP contribution in [0.4, 0.5) is 0 Å². The molecule has 0 saturated carbocycles. The Balaban J connectivity index is 1.94. The largest absolute Gasteiger partial charge is 0.335 e. The third-order valence-corrected chi connectivity index (χ3v) is 4.16. The Kier molecular flexibility index (Phi) is 5.00. The van der Waals surface area contributed by atoms with Crippen molar-refractivity contribution in [2.24, 2.45) is 0 Å². The van der Waals surface area contributed by atoms with Crippen molar-refractivity contribution in [2.45, 2.75) is 13.5 Å². The predicted octanol–water partition coefficient (Wildman–Crippen LogP) is 3.09. The van der Waals surface area contributed by atoms with E-state index in [4.69, 9.17) is 0 Å². The van der Waals surface area contributed by atoms with Crippen molar-refractivity contribution >= 4 is 21.8 Å². The molecule has 3 rings (SSSR count). The van der Waals surface area contributed by atoms with E-state index >= 15 is 0 Å². The average Bonchev–Trinajstić information content (AvgIpc) is 3.14. The van der Waals surface area contributed by atoms with Gasteiger partial charge in [-0.15, -0.1) is 5.10 Å². The van der Waals surface area contributed by atoms with E-state index in [9.17, 15) is 4.79 Å². The van der Waals surface area contributed by atoms with E-state index in [0.29, 0.717) is 24.3 Å². The lowest BCUT2D eigenvalue weighted by atomic mass is 10.1. The first-order valence-electron chi connectivity index (χ1n) is 7.55. The molecular weight excluding hydrogens is 370 g/mol. The van der Waals surface area contributed by atoms with E-state index in [1.54, 1.807) is 11.0 Å². The van der Waals surface area contributed by atoms with Gasteiger partial charge < -0.3 is 4.90 Å². The monoisotopic (exact) mass is 385 g/mol. The van der Waals surface area contributed by atoms with Gasteiger partial charge in [0.2, 0.25) is 0 Å². The highest BCUT2D eigenvalue weighted by Crippen LogP contribution is 2.22. The molecule has 0 aliphatic rings. The Morgan fingerprint density at radius 1 is 1.21 bits per heavy atom. The number of amides is 1. The second-order valence-electron chi connectivity index (χ2n) is 5.22. The topological polar surface area (TPSA) is 63.9 Å². The van der Waals surface area contributed by atoms with Gasteiger partial charge in [-0.2, -0.15) is 4.68 Å². The molecule has 0 spiro atoms. The zero-order chi connectivity index (χ0) is 16.9. The smallest absolute Gasteiger partial charge is 0.256 e. The number of nitrogens with zero attached hydrogens (tertiary/aromatic N) is 5. The summed E-state index contributed by atoms with van der Waals surface area (Å²) in [5.74, 6) is -0.0619. The molecule has 122 valence electrons. The van der Waals surface area contributed by atoms with E-state index in [0.717, 1.165) is 10.0 Å². The number of rotatable bonds is 5. The van der Waals surface area contributed by atoms with Crippen molar-refractivity contribution in [1.29, 1.82) is 0 Å². The number of aromatic nitrogens is 4. The van der Waals surface area contributed by atoms with Crippen molar-refractivity contribution in [3.8, 4) is 5.69 Å². The minimum atomic E-state index is -0.0619. The number of halogens is 1. The fourth-order valence-corrected chi connectivity index (χ4v) is 2.81. The highest BCUT2D eigenvalue weighted by Gasteiger charge is 2.20. The summed E-state index contributed by atoms with van der Waals surface area (Å²) in [6.45, 7) is 3.13. The molecule has 6 nitrogen and oxygen atoms in total. The second kappa shape index (κ2) is 7.35. The van der Waals surface area contributed by atoms with Gasteiger partial charge >= 0.3 is 0 Å². The number of carbonyl (C=O) groups is 1. The summed E-state index contributed by atoms with van der Waals surface area (Å²) in [5.41, 5.74) is 2.29. The SMILES string of the molecule is CCN(Cc1ccccc1)C(=O)c1cc(Br)ccc1-n1cnnn1. The van der Waals surface area contributed by atoms with Crippen LogP contribution in [-0.2, 0) is 6.54 Å². The minimum Gasteiger partial charge on any atom is -0.335 e. The molecule has 0 bridgehead atoms. The fraction of sp³-hybridized carbons (Fsp3) is 0.176. The van der Waals surface area contributed by atoms with Gasteiger partial charge in [0, 0.05) is 17.6 Å². The van der Waals surface area contributed by atoms with Gasteiger partial charge in [-0.1, -0.05) is 46.3 Å². The van der Waals surface area contributed by atoms with Gasteiger partial charge in [-0.05, 0) is 41.1 Å². The summed E-state index contributed by atoms with van der Waals surface area (Å²) in [6, 6.07) is 15.4. The van der Waals surface area contributed by atoms with E-state index in [-0.39, 0.29) is 5.91 Å². The standard InChI is InChI=1S/C17H16BrN5O/c1-2-22(11-13-6-4-3-5-7-13)17(24)15-10-14(18)8-9-16(15)23-12-19-20-21-23/h3-10,12H,2,11H2,1H3. The molecular formula is C17H16BrN5O. The number of benzene rings is 2. The summed E-state index contributed by atoms with van der Waals surface area (Å²) < 4.78 is 2.33. The lowest BCUT2D eigenvalue weighted by Gasteiger charge is -2.22. The van der Waals surface area contributed by atoms with Crippen LogP contribution in [0.2, 0.25) is 0 Å². The van der Waals surface area contributed by atoms with E-state index in [1.807, 2.05) is 49.4 Å². The Morgan fingerprint density at radius 3 is 2.67 bits per heavy atom. The Morgan fingerprint density at radius 2 is 2.00 bits per heavy atom. The molecule has 3 aromatic rings. The lowest BCUT2D eigenvalue weighted by Crippen LogP contribution is -2.31. The first kappa shape index (κ1) is 16.3. The maximum atomic E-state index is 13.1. The molecule has 0 fully saturated rings. The molecule has 0 radical (unpaired) electrons. The quantitative estimate of drug-likeness (QED) is 0.676. The molecule has 1 heterocycles. The highest BCUT2D eigenvalue weighted by atomic mass is 79.9. The third-order valence-electron chi connectivity index (χ3n) is 3.67. The number of hydrogen-bond donors (Lipinski definition) is 0. The van der Waals surface area contributed by atoms with E-state index < -0.39 is 0 Å². The second-order valence-corrected chi connectivity index (χ2v) is 6.14. The molecule has 0 unspecified atom stereocenters. The van der Waals surface area contributed by atoms with Gasteiger partial charge in [-0.3, -0.25) is 4.79 Å². The van der Waals surface area contributed by atoms with Crippen molar-refractivity contribution < 1.29 is 4.79 Å². The molecule has 0 aliphatic heterocycles. The summed E-state index contributed by atoms with van der Waals surface area (Å²) >= 11 is 3.43. The first-order valence-corrected chi connectivity index (χ1v) is 8.34. The van der Waals surface area contributed by atoms with Crippen molar-refractivity contribution in [2.75, 3.05) is 6.54 Å². The molecule has 1 amide bonds. The van der Waals surface area contributed by atoms with E-state index in [2.05, 4.69) is 31.5 Å². The molecule has 0 atom stereocenters. The lowest BCUT2D eigenvalue weighted by molar-refractivity contribution is 0.0752. The number of carbonyl (C=O) groups excluding carboxylic acids is 1. The van der Waals surface area contributed by atoms with Gasteiger partial charge in [0.25, 0.3) is 5.91 Å². The van der Waals surface area contributed by atoms with Gasteiger partial charge in [0.05, 0.1) is 11.3 Å². The molecule has 0 N–H and O–H groups in total. The first-order chi connectivity index (χ1) is 11.7. The number of tetrazole rings is 1. The molecule has 0 saturated heterocycles. The van der Waals surface area contributed by atoms with Gasteiger partial charge in [0.15, 0.2) is 0 Å². The molecule has 7 heteroatoms. The summed E-state index contributed by atoms with van der Waals surface area (Å²) in [6.07, 6.45) is 1.48. The molecule has 0 aliphatic carbocycles. The van der Waals surface area contributed by atoms with Crippen LogP contribution in [0.1, 0.15) is 22.8 Å². The maximum absolute atomic E-state index is 13.1. The number of hydrogen-bond acceptors (Lipinski definition) is 4. The van der Waals surface area contributed by atoms with Crippen LogP contribution in [0.25, 0.3) is 5.69 Å². The van der Waals surface area contributed by atoms with Crippen LogP contribution in [0.15, 0.2) is 59.3 Å². The molecule has 2 aromatic carbocycles. The van der Waals surface area contributed by atoms with Crippen LogP contribution in [0.3, 0.4) is 0 Å². The average molecular weight is 386 g/mol. The van der Waals surface area contributed by atoms with Crippen molar-refractivity contribution in [3.05, 3.63) is 70.5 Å². The van der Waals surface area contributed by atoms with E-state index in [1.165, 1.54) is 11.0 Å². The Bertz CT molecular complexity index is 820. The maximum Gasteiger partial charge on any atom is 0.256 e. The van der Waals surface area contributed by atoms with Crippen molar-refractivity contribution in [1.82, 2.24) is 25.1 Å². The van der Waals surface area contributed by atoms with Crippen LogP contribution < -0.4 is 0 Å². The minimum absolute atomic E-state index is 0.0619. The summed E-state index contributed by atoms with van der Waals surface area (Å²) in [7, 11) is 0. The van der Waals surface area contributed by atoms with Crippen molar-refractivity contribution in [3.63, 3.8) is 0 Å². The molecule has 1 aromatic heterocycles. The van der Waals surface area contributed by atoms with Crippen LogP contribution >= 0.6 is 15.9 Å². The van der Waals surface area contributed by atoms with Crippen LogP contribution in [-0.4, -0.2) is 37.6 Å². The van der Waals surface area contributed by atoms with Crippen LogP contribution in [0, 0.1) is 0 Å².